The second kappa shape index (κ2) is 7.59. The highest BCUT2D eigenvalue weighted by Gasteiger charge is 2.16. The number of rotatable bonds is 5. The molecule has 25 heavy (non-hydrogen) atoms. The Morgan fingerprint density at radius 3 is 2.84 bits per heavy atom. The fraction of sp³-hybridized carbons (Fsp3) is 0.188. The van der Waals surface area contributed by atoms with Gasteiger partial charge in [0.25, 0.3) is 5.91 Å². The molecule has 0 saturated carbocycles. The van der Waals surface area contributed by atoms with Gasteiger partial charge in [0, 0.05) is 29.4 Å². The van der Waals surface area contributed by atoms with Crippen LogP contribution in [0.4, 0.5) is 0 Å². The van der Waals surface area contributed by atoms with Gasteiger partial charge < -0.3 is 9.84 Å². The number of amides is 1. The molecule has 0 fully saturated rings. The molecule has 0 aliphatic rings. The summed E-state index contributed by atoms with van der Waals surface area (Å²) in [6, 6.07) is 6.53. The molecule has 0 aliphatic heterocycles. The molecule has 0 atom stereocenters. The minimum atomic E-state index is -0.363. The van der Waals surface area contributed by atoms with Crippen molar-refractivity contribution < 1.29 is 9.32 Å². The van der Waals surface area contributed by atoms with E-state index in [2.05, 4.69) is 31.5 Å². The van der Waals surface area contributed by atoms with Crippen molar-refractivity contribution in [2.45, 2.75) is 20.0 Å². The van der Waals surface area contributed by atoms with E-state index in [1.165, 1.54) is 6.07 Å². The van der Waals surface area contributed by atoms with Crippen molar-refractivity contribution in [2.24, 2.45) is 0 Å². The predicted molar refractivity (Wildman–Crippen MR) is 98.7 cm³/mol. The van der Waals surface area contributed by atoms with E-state index in [1.807, 2.05) is 13.1 Å². The number of benzene rings is 1. The zero-order valence-electron chi connectivity index (χ0n) is 13.1. The van der Waals surface area contributed by atoms with Crippen molar-refractivity contribution in [3.8, 4) is 11.3 Å². The molecule has 2 aromatic heterocycles. The van der Waals surface area contributed by atoms with Crippen molar-refractivity contribution in [3.63, 3.8) is 0 Å². The Hall–Kier alpha value is -1.83. The number of carbonyl (C=O) groups is 1. The highest BCUT2D eigenvalue weighted by Crippen LogP contribution is 2.30. The van der Waals surface area contributed by atoms with E-state index in [9.17, 15) is 4.79 Å². The first-order chi connectivity index (χ1) is 12.0. The molecule has 2 heterocycles. The van der Waals surface area contributed by atoms with Gasteiger partial charge in [0.05, 0.1) is 21.7 Å². The topological polar surface area (TPSA) is 73.0 Å². The summed E-state index contributed by atoms with van der Waals surface area (Å²) in [5.41, 5.74) is 1.51. The molecule has 1 N–H and O–H groups in total. The lowest BCUT2D eigenvalue weighted by Gasteiger charge is -2.00. The zero-order valence-corrected chi connectivity index (χ0v) is 16.2. The number of nitrogens with zero attached hydrogens (tertiary/aromatic N) is 3. The number of aromatic nitrogens is 3. The quantitative estimate of drug-likeness (QED) is 0.627. The van der Waals surface area contributed by atoms with Gasteiger partial charge in [-0.15, -0.1) is 0 Å². The normalized spacial score (nSPS) is 10.9. The molecule has 3 aromatic rings. The van der Waals surface area contributed by atoms with Gasteiger partial charge >= 0.3 is 0 Å². The van der Waals surface area contributed by atoms with Crippen LogP contribution in [-0.2, 0) is 13.1 Å². The average molecular weight is 444 g/mol. The van der Waals surface area contributed by atoms with Gasteiger partial charge in [-0.3, -0.25) is 9.48 Å². The van der Waals surface area contributed by atoms with E-state index in [1.54, 1.807) is 22.9 Å². The van der Waals surface area contributed by atoms with Crippen molar-refractivity contribution in [2.75, 3.05) is 0 Å². The number of carbonyl (C=O) groups excluding carboxylic acids is 1. The van der Waals surface area contributed by atoms with Crippen LogP contribution in [0, 0.1) is 0 Å². The summed E-state index contributed by atoms with van der Waals surface area (Å²) in [5.74, 6) is 0.0290. The van der Waals surface area contributed by atoms with Crippen molar-refractivity contribution >= 4 is 45.0 Å². The van der Waals surface area contributed by atoms with E-state index in [0.717, 1.165) is 16.7 Å². The molecular weight excluding hydrogens is 431 g/mol. The summed E-state index contributed by atoms with van der Waals surface area (Å²) in [4.78, 5) is 12.3. The summed E-state index contributed by atoms with van der Waals surface area (Å²) in [5, 5.41) is 11.8. The number of aryl methyl sites for hydroxylation is 1. The second-order valence-electron chi connectivity index (χ2n) is 5.16. The van der Waals surface area contributed by atoms with Crippen LogP contribution in [0.5, 0.6) is 0 Å². The molecule has 0 unspecified atom stereocenters. The predicted octanol–water partition coefficient (Wildman–Crippen LogP) is 4.56. The third-order valence-corrected chi connectivity index (χ3v) is 4.68. The van der Waals surface area contributed by atoms with Gasteiger partial charge in [-0.2, -0.15) is 5.10 Å². The molecule has 3 rings (SSSR count). The Labute approximate surface area is 162 Å². The van der Waals surface area contributed by atoms with E-state index >= 15 is 0 Å². The standard InChI is InChI=1S/C16H13BrCl2N4O2/c1-2-23-8-11(17)14(21-23)7-20-16(24)13-6-15(25-22-13)10-4-3-9(18)5-12(10)19/h3-6,8H,2,7H2,1H3,(H,20,24). The smallest absolute Gasteiger partial charge is 0.273 e. The van der Waals surface area contributed by atoms with E-state index < -0.39 is 0 Å². The Kier molecular flexibility index (Phi) is 5.46. The zero-order chi connectivity index (χ0) is 18.0. The first kappa shape index (κ1) is 18.0. The summed E-state index contributed by atoms with van der Waals surface area (Å²) in [7, 11) is 0. The summed E-state index contributed by atoms with van der Waals surface area (Å²) in [6.45, 7) is 3.01. The molecule has 1 amide bonds. The van der Waals surface area contributed by atoms with Gasteiger partial charge in [0.2, 0.25) is 0 Å². The van der Waals surface area contributed by atoms with Gasteiger partial charge in [-0.25, -0.2) is 0 Å². The lowest BCUT2D eigenvalue weighted by molar-refractivity contribution is 0.0941. The van der Waals surface area contributed by atoms with E-state index in [0.29, 0.717) is 21.4 Å². The summed E-state index contributed by atoms with van der Waals surface area (Å²) < 4.78 is 7.84. The maximum absolute atomic E-state index is 12.3. The van der Waals surface area contributed by atoms with Crippen LogP contribution in [0.3, 0.4) is 0 Å². The van der Waals surface area contributed by atoms with Crippen LogP contribution in [-0.4, -0.2) is 20.8 Å². The maximum Gasteiger partial charge on any atom is 0.273 e. The van der Waals surface area contributed by atoms with Crippen LogP contribution >= 0.6 is 39.1 Å². The van der Waals surface area contributed by atoms with Crippen LogP contribution in [0.1, 0.15) is 23.1 Å². The molecular formula is C16H13BrCl2N4O2. The molecule has 0 saturated heterocycles. The van der Waals surface area contributed by atoms with Crippen LogP contribution in [0.2, 0.25) is 10.0 Å². The number of hydrogen-bond donors (Lipinski definition) is 1. The summed E-state index contributed by atoms with van der Waals surface area (Å²) in [6.07, 6.45) is 1.86. The maximum atomic E-state index is 12.3. The highest BCUT2D eigenvalue weighted by molar-refractivity contribution is 9.10. The molecule has 0 aliphatic carbocycles. The minimum absolute atomic E-state index is 0.159. The number of halogens is 3. The monoisotopic (exact) mass is 442 g/mol. The molecule has 1 aromatic carbocycles. The van der Waals surface area contributed by atoms with Gasteiger partial charge in [-0.1, -0.05) is 28.4 Å². The third-order valence-electron chi connectivity index (χ3n) is 3.47. The Morgan fingerprint density at radius 2 is 2.16 bits per heavy atom. The lowest BCUT2D eigenvalue weighted by Crippen LogP contribution is -2.23. The molecule has 0 spiro atoms. The molecule has 0 bridgehead atoms. The van der Waals surface area contributed by atoms with Crippen molar-refractivity contribution in [3.05, 3.63) is 56.4 Å². The number of nitrogens with one attached hydrogen (secondary N) is 1. The molecule has 0 radical (unpaired) electrons. The lowest BCUT2D eigenvalue weighted by atomic mass is 10.1. The fourth-order valence-electron chi connectivity index (χ4n) is 2.17. The van der Waals surface area contributed by atoms with Crippen LogP contribution in [0.25, 0.3) is 11.3 Å². The highest BCUT2D eigenvalue weighted by atomic mass is 79.9. The Bertz CT molecular complexity index is 923. The van der Waals surface area contributed by atoms with Gasteiger partial charge in [0.1, 0.15) is 0 Å². The third kappa shape index (κ3) is 4.05. The first-order valence-electron chi connectivity index (χ1n) is 7.40. The molecule has 6 nitrogen and oxygen atoms in total. The Balaban J connectivity index is 1.71. The SMILES string of the molecule is CCn1cc(Br)c(CNC(=O)c2cc(-c3ccc(Cl)cc3Cl)on2)n1. The Morgan fingerprint density at radius 1 is 1.36 bits per heavy atom. The molecule has 9 heteroatoms. The summed E-state index contributed by atoms with van der Waals surface area (Å²) >= 11 is 15.4. The van der Waals surface area contributed by atoms with Crippen molar-refractivity contribution in [1.82, 2.24) is 20.3 Å². The average Bonchev–Trinajstić information content (AvgIpc) is 3.19. The van der Waals surface area contributed by atoms with E-state index in [-0.39, 0.29) is 18.1 Å². The van der Waals surface area contributed by atoms with Gasteiger partial charge in [0.15, 0.2) is 11.5 Å². The first-order valence-corrected chi connectivity index (χ1v) is 8.95. The largest absolute Gasteiger partial charge is 0.355 e. The van der Waals surface area contributed by atoms with Crippen LogP contribution < -0.4 is 5.32 Å². The fourth-order valence-corrected chi connectivity index (χ4v) is 3.13. The van der Waals surface area contributed by atoms with Gasteiger partial charge in [-0.05, 0) is 41.1 Å². The molecule has 130 valence electrons. The second-order valence-corrected chi connectivity index (χ2v) is 6.86. The minimum Gasteiger partial charge on any atom is -0.355 e. The van der Waals surface area contributed by atoms with E-state index in [4.69, 9.17) is 27.7 Å². The number of hydrogen-bond acceptors (Lipinski definition) is 4. The van der Waals surface area contributed by atoms with Crippen LogP contribution in [0.15, 0.2) is 39.5 Å². The van der Waals surface area contributed by atoms with Crippen molar-refractivity contribution in [1.29, 1.82) is 0 Å².